The minimum Gasteiger partial charge on any atom is -0.301 e. The minimum atomic E-state index is 0.00114. The molecule has 12 rings (SSSR count). The molecule has 12 aromatic heterocycles. The van der Waals surface area contributed by atoms with Gasteiger partial charge in [0.25, 0.3) is 0 Å². The Morgan fingerprint density at radius 2 is 0.685 bits per heavy atom. The Labute approximate surface area is 556 Å². The van der Waals surface area contributed by atoms with E-state index in [4.69, 9.17) is 69.6 Å². The largest absolute Gasteiger partial charge is 0.301 e. The highest BCUT2D eigenvalue weighted by Crippen LogP contribution is 2.30. The maximum absolute atomic E-state index is 12.9. The fourth-order valence-electron chi connectivity index (χ4n) is 10.0. The summed E-state index contributed by atoms with van der Waals surface area (Å²) in [6.45, 7) is 8.29. The van der Waals surface area contributed by atoms with E-state index in [1.165, 1.54) is 14.4 Å². The zero-order valence-corrected chi connectivity index (χ0v) is 55.4. The van der Waals surface area contributed by atoms with Crippen molar-refractivity contribution in [3.8, 4) is 17.5 Å². The Morgan fingerprint density at radius 3 is 0.957 bits per heavy atom. The van der Waals surface area contributed by atoms with Crippen molar-refractivity contribution in [1.29, 1.82) is 0 Å². The first-order valence-electron chi connectivity index (χ1n) is 28.6. The van der Waals surface area contributed by atoms with Crippen molar-refractivity contribution in [3.63, 3.8) is 0 Å². The zero-order chi connectivity index (χ0) is 65.5. The second-order valence-corrected chi connectivity index (χ2v) is 24.3. The lowest BCUT2D eigenvalue weighted by atomic mass is 9.96. The fourth-order valence-corrected chi connectivity index (χ4v) is 11.3. The normalized spacial score (nSPS) is 12.5. The molecule has 92 heavy (non-hydrogen) atoms. The second-order valence-electron chi connectivity index (χ2n) is 21.9. The van der Waals surface area contributed by atoms with Crippen molar-refractivity contribution in [2.75, 3.05) is 28.2 Å². The third kappa shape index (κ3) is 15.5. The molecule has 0 N–H and O–H groups in total. The molecule has 32 heteroatoms. The lowest BCUT2D eigenvalue weighted by Crippen LogP contribution is -2.23. The zero-order valence-electron chi connectivity index (χ0n) is 50.9. The SMILES string of the molecule is CCC(C)c1c(CC(=O)Cc2cnc(-n3nccn3)c(Cl)c2)cnc2cc(Cl)nn12.C[C@@H](c1c(CC(=O)Cc2cnc(-n3nccn3)c(Cl)c2)cnc2cc(Cl)nn12)N(C)C.C[C@H](c1c(CC(=O)Cc2cnc(-n3nccn3)c(Cl)c2)cnc2cc(Cl)nn12)N(C)C. The molecule has 0 amide bonds. The molecule has 0 aromatic carbocycles. The average molecular weight is 1360 g/mol. The van der Waals surface area contributed by atoms with Crippen LogP contribution >= 0.6 is 69.6 Å². The number of aromatic nitrogens is 21. The van der Waals surface area contributed by atoms with Gasteiger partial charge in [-0.05, 0) is 94.8 Å². The Morgan fingerprint density at radius 1 is 0.402 bits per heavy atom. The quantitative estimate of drug-likeness (QED) is 0.0646. The third-order valence-electron chi connectivity index (χ3n) is 15.0. The molecular weight excluding hydrogens is 1300 g/mol. The minimum absolute atomic E-state index is 0.00114. The highest BCUT2D eigenvalue weighted by atomic mass is 35.5. The molecule has 12 heterocycles. The number of fused-ring (bicyclic) bond motifs is 3. The van der Waals surface area contributed by atoms with E-state index in [1.54, 1.807) is 124 Å². The van der Waals surface area contributed by atoms with Crippen LogP contribution in [0.1, 0.15) is 103 Å². The van der Waals surface area contributed by atoms with E-state index in [-0.39, 0.29) is 73.9 Å². The van der Waals surface area contributed by atoms with Crippen LogP contribution in [0.15, 0.2) is 111 Å². The van der Waals surface area contributed by atoms with Gasteiger partial charge >= 0.3 is 0 Å². The highest BCUT2D eigenvalue weighted by molar-refractivity contribution is 6.33. The number of ketones is 3. The summed E-state index contributed by atoms with van der Waals surface area (Å²) in [6.07, 6.45) is 21.4. The Balaban J connectivity index is 0.000000151. The summed E-state index contributed by atoms with van der Waals surface area (Å²) >= 11 is 37.2. The van der Waals surface area contributed by atoms with Crippen molar-refractivity contribution in [2.24, 2.45) is 0 Å². The van der Waals surface area contributed by atoms with Crippen LogP contribution in [0.5, 0.6) is 0 Å². The standard InChI is InChI=1S/2C20H20Cl2N8O.C20H19Cl2N7O/c2*1-12(28(2)3)19-14(11-23-18-9-17(22)27-29(18)19)8-15(31)6-13-7-16(21)20(24-10-13)30-25-4-5-26-30;1-3-12(2)19-14(11-23-18-9-17(22)27-28(18)19)8-15(30)6-13-7-16(21)20(24-10-13)29-25-4-5-26-29/h2*4-5,7,9-12H,6,8H2,1-3H3;4-5,7,9-12H,3,6,8H2,1-2H3/t2*12-;/m10./s1. The first-order chi connectivity index (χ1) is 44.1. The number of carbonyl (C=O) groups is 3. The molecule has 0 aliphatic carbocycles. The third-order valence-corrected chi connectivity index (χ3v) is 16.3. The molecular formula is C60H59Cl6N23O3. The number of halogens is 6. The number of Topliss-reactive ketones (excluding diaryl/α,β-unsaturated/α-hetero) is 3. The van der Waals surface area contributed by atoms with E-state index < -0.39 is 0 Å². The summed E-state index contributed by atoms with van der Waals surface area (Å²) in [6, 6.07) is 10.2. The van der Waals surface area contributed by atoms with Crippen LogP contribution in [0.4, 0.5) is 0 Å². The summed E-state index contributed by atoms with van der Waals surface area (Å²) in [7, 11) is 7.88. The van der Waals surface area contributed by atoms with E-state index >= 15 is 0 Å². The lowest BCUT2D eigenvalue weighted by Gasteiger charge is -2.23. The van der Waals surface area contributed by atoms with Crippen LogP contribution in [-0.2, 0) is 52.9 Å². The number of pyridine rings is 3. The smallest absolute Gasteiger partial charge is 0.193 e. The molecule has 12 aromatic rings. The monoisotopic (exact) mass is 1360 g/mol. The van der Waals surface area contributed by atoms with Gasteiger partial charge in [-0.1, -0.05) is 83.5 Å². The Kier molecular flexibility index (Phi) is 21.2. The van der Waals surface area contributed by atoms with Gasteiger partial charge in [0.05, 0.1) is 69.3 Å². The maximum Gasteiger partial charge on any atom is 0.193 e. The van der Waals surface area contributed by atoms with Crippen LogP contribution in [0, 0.1) is 0 Å². The van der Waals surface area contributed by atoms with Gasteiger partial charge in [0.2, 0.25) is 0 Å². The number of carbonyl (C=O) groups excluding carboxylic acids is 3. The fraction of sp³-hybridized carbons (Fsp3) is 0.300. The second kappa shape index (κ2) is 29.3. The van der Waals surface area contributed by atoms with Gasteiger partial charge in [-0.2, -0.15) is 45.9 Å². The molecule has 0 aliphatic rings. The summed E-state index contributed by atoms with van der Waals surface area (Å²) < 4.78 is 5.16. The molecule has 0 fully saturated rings. The van der Waals surface area contributed by atoms with Gasteiger partial charge in [0.1, 0.15) is 17.3 Å². The summed E-state index contributed by atoms with van der Waals surface area (Å²) in [5.74, 6) is 1.49. The molecule has 0 radical (unpaired) electrons. The molecule has 0 spiro atoms. The predicted molar refractivity (Wildman–Crippen MR) is 347 cm³/mol. The maximum atomic E-state index is 12.9. The van der Waals surface area contributed by atoms with Crippen LogP contribution < -0.4 is 0 Å². The first-order valence-corrected chi connectivity index (χ1v) is 30.9. The van der Waals surface area contributed by atoms with Crippen molar-refractivity contribution >= 4 is 104 Å². The van der Waals surface area contributed by atoms with Gasteiger partial charge in [-0.15, -0.1) is 14.4 Å². The molecule has 0 saturated heterocycles. The molecule has 0 bridgehead atoms. The van der Waals surface area contributed by atoms with Crippen molar-refractivity contribution < 1.29 is 14.4 Å². The lowest BCUT2D eigenvalue weighted by molar-refractivity contribution is -0.118. The average Bonchev–Trinajstić information content (AvgIpc) is 1.57. The summed E-state index contributed by atoms with van der Waals surface area (Å²) in [5.41, 5.74) is 9.27. The van der Waals surface area contributed by atoms with E-state index in [2.05, 4.69) is 89.6 Å². The molecule has 1 unspecified atom stereocenters. The molecule has 26 nitrogen and oxygen atoms in total. The number of hydrogen-bond acceptors (Lipinski definition) is 20. The van der Waals surface area contributed by atoms with E-state index in [1.807, 2.05) is 51.8 Å². The van der Waals surface area contributed by atoms with Crippen LogP contribution in [0.25, 0.3) is 34.4 Å². The summed E-state index contributed by atoms with van der Waals surface area (Å²) in [5, 5.41) is 39.4. The Bertz CT molecular complexity index is 4400. The number of rotatable bonds is 21. The van der Waals surface area contributed by atoms with Crippen LogP contribution in [0.2, 0.25) is 30.5 Å². The van der Waals surface area contributed by atoms with Gasteiger partial charge in [0.15, 0.2) is 49.9 Å². The number of hydrogen-bond donors (Lipinski definition) is 0. The van der Waals surface area contributed by atoms with Gasteiger partial charge in [-0.25, -0.2) is 43.5 Å². The van der Waals surface area contributed by atoms with Crippen LogP contribution in [0.3, 0.4) is 0 Å². The van der Waals surface area contributed by atoms with Crippen molar-refractivity contribution in [2.45, 2.75) is 90.6 Å². The van der Waals surface area contributed by atoms with Crippen LogP contribution in [-0.4, -0.2) is 159 Å². The number of nitrogens with zero attached hydrogens (tertiary/aromatic N) is 23. The highest BCUT2D eigenvalue weighted by Gasteiger charge is 2.25. The molecule has 3 atom stereocenters. The molecule has 0 saturated carbocycles. The Hall–Kier alpha value is -8.60. The predicted octanol–water partition coefficient (Wildman–Crippen LogP) is 9.86. The molecule has 0 aliphatic heterocycles. The van der Waals surface area contributed by atoms with Crippen molar-refractivity contribution in [3.05, 3.63) is 192 Å². The topological polar surface area (TPSA) is 279 Å². The van der Waals surface area contributed by atoms with Gasteiger partial charge in [-0.3, -0.25) is 14.4 Å². The van der Waals surface area contributed by atoms with Gasteiger partial charge < -0.3 is 9.80 Å². The van der Waals surface area contributed by atoms with E-state index in [0.717, 1.165) is 45.8 Å². The molecule has 474 valence electrons. The first kappa shape index (κ1) is 66.3. The van der Waals surface area contributed by atoms with E-state index in [0.29, 0.717) is 76.0 Å². The summed E-state index contributed by atoms with van der Waals surface area (Å²) in [4.78, 5) is 72.8. The van der Waals surface area contributed by atoms with Gasteiger partial charge in [0, 0.05) is 117 Å². The van der Waals surface area contributed by atoms with E-state index in [9.17, 15) is 14.4 Å². The van der Waals surface area contributed by atoms with Crippen molar-refractivity contribution in [1.82, 2.24) is 114 Å².